The monoisotopic (exact) mass is 392 g/mol. The lowest BCUT2D eigenvalue weighted by Crippen LogP contribution is -2.40. The van der Waals surface area contributed by atoms with E-state index in [-0.39, 0.29) is 11.2 Å². The van der Waals surface area contributed by atoms with E-state index < -0.39 is 6.09 Å². The second-order valence-electron chi connectivity index (χ2n) is 8.90. The van der Waals surface area contributed by atoms with Gasteiger partial charge in [0.2, 0.25) is 0 Å². The van der Waals surface area contributed by atoms with Crippen molar-refractivity contribution in [1.29, 1.82) is 0 Å². The van der Waals surface area contributed by atoms with Crippen LogP contribution in [0.4, 0.5) is 9.18 Å². The van der Waals surface area contributed by atoms with Crippen molar-refractivity contribution in [3.8, 4) is 5.75 Å². The van der Waals surface area contributed by atoms with Gasteiger partial charge in [-0.25, -0.2) is 9.18 Å². The second kappa shape index (κ2) is 6.68. The molecular weight excluding hydrogens is 367 g/mol. The van der Waals surface area contributed by atoms with E-state index in [1.165, 1.54) is 22.9 Å². The molecule has 1 saturated carbocycles. The van der Waals surface area contributed by atoms with E-state index in [0.717, 1.165) is 37.7 Å². The first-order valence-corrected chi connectivity index (χ1v) is 10.4. The molecule has 0 saturated heterocycles. The average molecular weight is 392 g/mol. The molecular formula is C24H25FN2O2. The number of rotatable bonds is 2. The molecule has 3 aliphatic carbocycles. The topological polar surface area (TPSA) is 65.2 Å². The molecule has 150 valence electrons. The van der Waals surface area contributed by atoms with Crippen LogP contribution in [0.1, 0.15) is 55.2 Å². The number of allylic oxidation sites excluding steroid dienone is 2. The largest absolute Gasteiger partial charge is 0.410 e. The lowest BCUT2D eigenvalue weighted by atomic mass is 9.54. The Bertz CT molecular complexity index is 1020. The van der Waals surface area contributed by atoms with Crippen LogP contribution < -0.4 is 10.5 Å². The van der Waals surface area contributed by atoms with Crippen LogP contribution in [0.5, 0.6) is 5.75 Å². The summed E-state index contributed by atoms with van der Waals surface area (Å²) in [5.41, 5.74) is 10.1. The highest BCUT2D eigenvalue weighted by atomic mass is 19.1. The van der Waals surface area contributed by atoms with E-state index in [1.54, 1.807) is 12.3 Å². The summed E-state index contributed by atoms with van der Waals surface area (Å²) in [4.78, 5) is 15.1. The highest BCUT2D eigenvalue weighted by Gasteiger charge is 2.51. The summed E-state index contributed by atoms with van der Waals surface area (Å²) >= 11 is 0. The van der Waals surface area contributed by atoms with Gasteiger partial charge in [-0.15, -0.1) is 0 Å². The third kappa shape index (κ3) is 2.95. The molecule has 0 radical (unpaired) electrons. The van der Waals surface area contributed by atoms with Crippen LogP contribution in [-0.2, 0) is 6.42 Å². The minimum atomic E-state index is -0.775. The summed E-state index contributed by atoms with van der Waals surface area (Å²) in [7, 11) is 0. The highest BCUT2D eigenvalue weighted by Crippen LogP contribution is 2.63. The summed E-state index contributed by atoms with van der Waals surface area (Å²) in [5.74, 6) is 1.95. The fourth-order valence-corrected chi connectivity index (χ4v) is 6.31. The Morgan fingerprint density at radius 1 is 1.28 bits per heavy atom. The van der Waals surface area contributed by atoms with E-state index in [2.05, 4.69) is 24.1 Å². The van der Waals surface area contributed by atoms with Crippen molar-refractivity contribution in [1.82, 2.24) is 4.98 Å². The Morgan fingerprint density at radius 2 is 2.14 bits per heavy atom. The Balaban J connectivity index is 1.43. The maximum absolute atomic E-state index is 13.8. The van der Waals surface area contributed by atoms with Gasteiger partial charge >= 0.3 is 6.09 Å². The Hall–Kier alpha value is -2.69. The van der Waals surface area contributed by atoms with Crippen LogP contribution >= 0.6 is 0 Å². The predicted octanol–water partition coefficient (Wildman–Crippen LogP) is 5.23. The number of halogens is 1. The fourth-order valence-electron chi connectivity index (χ4n) is 6.31. The number of aryl methyl sites for hydroxylation is 1. The zero-order valence-corrected chi connectivity index (χ0v) is 16.5. The van der Waals surface area contributed by atoms with Crippen LogP contribution in [-0.4, -0.2) is 11.1 Å². The van der Waals surface area contributed by atoms with Crippen molar-refractivity contribution in [2.45, 2.75) is 44.9 Å². The normalized spacial score (nSPS) is 30.0. The van der Waals surface area contributed by atoms with Crippen molar-refractivity contribution in [2.75, 3.05) is 0 Å². The van der Waals surface area contributed by atoms with Gasteiger partial charge in [0.1, 0.15) is 11.6 Å². The molecule has 2 aromatic rings. The fraction of sp³-hybridized carbons (Fsp3) is 0.417. The molecule has 5 rings (SSSR count). The van der Waals surface area contributed by atoms with Crippen LogP contribution in [0.25, 0.3) is 5.57 Å². The van der Waals surface area contributed by atoms with Gasteiger partial charge in [-0.05, 0) is 95.7 Å². The molecule has 3 unspecified atom stereocenters. The number of nitrogens with two attached hydrogens (primary N) is 1. The number of hydrogen-bond acceptors (Lipinski definition) is 3. The van der Waals surface area contributed by atoms with Gasteiger partial charge in [-0.1, -0.05) is 19.1 Å². The number of hydrogen-bond donors (Lipinski definition) is 1. The number of carbonyl (C=O) groups is 1. The summed E-state index contributed by atoms with van der Waals surface area (Å²) in [6, 6.07) is 7.57. The van der Waals surface area contributed by atoms with Crippen molar-refractivity contribution >= 4 is 11.7 Å². The number of fused-ring (bicyclic) bond motifs is 5. The minimum absolute atomic E-state index is 0.0726. The standard InChI is InChI=1S/C24H25FN2O2/c1-24-9-8-19-18-5-3-17(29-23(26)28)11-14(18)2-4-20(19)22(24)7-6-21(24)15-10-16(25)13-27-12-15/h3,5-6,10-13,19-20,22H,2,4,7-9H2,1H3,(H2,26,28)/t19?,20?,22?,24-/m1/s1. The zero-order valence-electron chi connectivity index (χ0n) is 16.5. The van der Waals surface area contributed by atoms with Crippen molar-refractivity contribution in [3.63, 3.8) is 0 Å². The van der Waals surface area contributed by atoms with Gasteiger partial charge in [0.15, 0.2) is 0 Å². The summed E-state index contributed by atoms with van der Waals surface area (Å²) in [5, 5.41) is 0. The number of ether oxygens (including phenoxy) is 1. The van der Waals surface area contributed by atoms with Crippen molar-refractivity contribution < 1.29 is 13.9 Å². The number of carbonyl (C=O) groups excluding carboxylic acids is 1. The van der Waals surface area contributed by atoms with Crippen LogP contribution in [0.3, 0.4) is 0 Å². The third-order valence-electron chi connectivity index (χ3n) is 7.51. The van der Waals surface area contributed by atoms with Crippen molar-refractivity contribution in [2.24, 2.45) is 23.0 Å². The molecule has 29 heavy (non-hydrogen) atoms. The van der Waals surface area contributed by atoms with E-state index in [4.69, 9.17) is 10.5 Å². The summed E-state index contributed by atoms with van der Waals surface area (Å²) < 4.78 is 18.9. The molecule has 1 fully saturated rings. The average Bonchev–Trinajstić information content (AvgIpc) is 3.04. The van der Waals surface area contributed by atoms with E-state index in [1.807, 2.05) is 12.1 Å². The molecule has 1 aromatic carbocycles. The summed E-state index contributed by atoms with van der Waals surface area (Å²) in [6.45, 7) is 2.36. The maximum Gasteiger partial charge on any atom is 0.409 e. The molecule has 1 amide bonds. The van der Waals surface area contributed by atoms with Gasteiger partial charge in [0.05, 0.1) is 6.20 Å². The number of amides is 1. The Kier molecular flexibility index (Phi) is 4.23. The first-order chi connectivity index (χ1) is 14.0. The molecule has 5 heteroatoms. The quantitative estimate of drug-likeness (QED) is 0.761. The molecule has 1 heterocycles. The van der Waals surface area contributed by atoms with E-state index >= 15 is 0 Å². The number of aromatic nitrogens is 1. The van der Waals surface area contributed by atoms with Crippen LogP contribution in [0.15, 0.2) is 42.7 Å². The lowest BCUT2D eigenvalue weighted by Gasteiger charge is -2.50. The minimum Gasteiger partial charge on any atom is -0.410 e. The van der Waals surface area contributed by atoms with Gasteiger partial charge < -0.3 is 10.5 Å². The highest BCUT2D eigenvalue weighted by molar-refractivity contribution is 5.72. The molecule has 0 spiro atoms. The van der Waals surface area contributed by atoms with Gasteiger partial charge in [0, 0.05) is 6.20 Å². The molecule has 0 aliphatic heterocycles. The molecule has 4 atom stereocenters. The predicted molar refractivity (Wildman–Crippen MR) is 109 cm³/mol. The number of nitrogens with zero attached hydrogens (tertiary/aromatic N) is 1. The number of primary amides is 1. The SMILES string of the molecule is C[C@]12CCC3c4ccc(OC(N)=O)cc4CCC3C1CC=C2c1cncc(F)c1. The number of benzene rings is 1. The van der Waals surface area contributed by atoms with Gasteiger partial charge in [-0.3, -0.25) is 4.98 Å². The second-order valence-corrected chi connectivity index (χ2v) is 8.90. The molecule has 2 N–H and O–H groups in total. The molecule has 3 aliphatic rings. The first kappa shape index (κ1) is 18.3. The van der Waals surface area contributed by atoms with Gasteiger partial charge in [0.25, 0.3) is 0 Å². The van der Waals surface area contributed by atoms with Gasteiger partial charge in [-0.2, -0.15) is 0 Å². The molecule has 0 bridgehead atoms. The number of pyridine rings is 1. The Labute approximate surface area is 170 Å². The Morgan fingerprint density at radius 3 is 2.93 bits per heavy atom. The van der Waals surface area contributed by atoms with E-state index in [0.29, 0.717) is 23.5 Å². The smallest absolute Gasteiger partial charge is 0.409 e. The van der Waals surface area contributed by atoms with Crippen LogP contribution in [0.2, 0.25) is 0 Å². The van der Waals surface area contributed by atoms with Crippen molar-refractivity contribution in [3.05, 3.63) is 65.2 Å². The molecule has 1 aromatic heterocycles. The lowest BCUT2D eigenvalue weighted by molar-refractivity contribution is 0.0885. The summed E-state index contributed by atoms with van der Waals surface area (Å²) in [6.07, 6.45) is 9.96. The first-order valence-electron chi connectivity index (χ1n) is 10.4. The maximum atomic E-state index is 13.8. The molecule has 4 nitrogen and oxygen atoms in total. The van der Waals surface area contributed by atoms with E-state index in [9.17, 15) is 9.18 Å². The zero-order chi connectivity index (χ0) is 20.2. The third-order valence-corrected chi connectivity index (χ3v) is 7.51. The van der Waals surface area contributed by atoms with Crippen LogP contribution in [0, 0.1) is 23.1 Å².